The summed E-state index contributed by atoms with van der Waals surface area (Å²) in [5.41, 5.74) is 1.25. The molecule has 2 aromatic carbocycles. The molecule has 5 atom stereocenters. The molecule has 178 valence electrons. The molecule has 1 spiro atoms. The lowest BCUT2D eigenvalue weighted by molar-refractivity contribution is -0.139. The lowest BCUT2D eigenvalue weighted by Crippen LogP contribution is -2.52. The molecule has 3 heterocycles. The van der Waals surface area contributed by atoms with Crippen LogP contribution in [0.2, 0.25) is 5.02 Å². The molecule has 5 rings (SSSR count). The summed E-state index contributed by atoms with van der Waals surface area (Å²) in [4.78, 5) is 42.3. The van der Waals surface area contributed by atoms with Gasteiger partial charge in [-0.15, -0.1) is 11.8 Å². The highest BCUT2D eigenvalue weighted by molar-refractivity contribution is 8.02. The van der Waals surface area contributed by atoms with E-state index in [2.05, 4.69) is 10.6 Å². The van der Waals surface area contributed by atoms with E-state index in [9.17, 15) is 19.5 Å². The molecule has 7 nitrogen and oxygen atoms in total. The smallest absolute Gasteiger partial charge is 0.248 e. The van der Waals surface area contributed by atoms with E-state index in [0.717, 1.165) is 6.42 Å². The third-order valence-corrected chi connectivity index (χ3v) is 9.54. The Morgan fingerprint density at radius 1 is 1.06 bits per heavy atom. The highest BCUT2D eigenvalue weighted by Crippen LogP contribution is 2.71. The van der Waals surface area contributed by atoms with E-state index in [1.54, 1.807) is 36.0 Å². The molecule has 3 saturated heterocycles. The van der Waals surface area contributed by atoms with Crippen molar-refractivity contribution in [1.82, 2.24) is 4.90 Å². The number of rotatable bonds is 6. The van der Waals surface area contributed by atoms with Crippen LogP contribution >= 0.6 is 23.4 Å². The average molecular weight is 500 g/mol. The van der Waals surface area contributed by atoms with Crippen molar-refractivity contribution in [3.05, 3.63) is 59.6 Å². The first-order chi connectivity index (χ1) is 16.3. The first kappa shape index (κ1) is 23.2. The van der Waals surface area contributed by atoms with Crippen LogP contribution < -0.4 is 10.6 Å². The Morgan fingerprint density at radius 3 is 2.38 bits per heavy atom. The van der Waals surface area contributed by atoms with E-state index in [4.69, 9.17) is 11.6 Å². The van der Waals surface area contributed by atoms with Crippen LogP contribution in [-0.2, 0) is 14.4 Å². The standard InChI is InChI=1S/C25H26ClN3O4S/c1-24-11-12-25(34-24)19(18(24)21(31)27-16-5-3-2-4-6-16)23(33)29(13-14-30)20(25)22(32)28-17-9-7-15(26)8-10-17/h2-10,18-20,30H,11-14H2,1H3,(H,27,31)(H,28,32)/t18-,19+,20?,24+,25?/m1/s1. The maximum atomic E-state index is 13.7. The number of para-hydroxylation sites is 1. The summed E-state index contributed by atoms with van der Waals surface area (Å²) in [6.45, 7) is 1.81. The number of β-amino-alcohol motifs (C(OH)–C–C–N with tert-alkyl or cyclic N) is 1. The van der Waals surface area contributed by atoms with Crippen LogP contribution in [0.15, 0.2) is 54.6 Å². The third kappa shape index (κ3) is 3.59. The van der Waals surface area contributed by atoms with E-state index in [1.807, 2.05) is 37.3 Å². The number of aliphatic hydroxyl groups is 1. The molecule has 3 amide bonds. The second-order valence-corrected chi connectivity index (χ2v) is 11.7. The van der Waals surface area contributed by atoms with Crippen LogP contribution in [0, 0.1) is 11.8 Å². The molecule has 3 N–H and O–H groups in total. The first-order valence-corrected chi connectivity index (χ1v) is 12.5. The molecule has 0 aliphatic carbocycles. The minimum absolute atomic E-state index is 0.0418. The van der Waals surface area contributed by atoms with Crippen molar-refractivity contribution in [2.24, 2.45) is 11.8 Å². The summed E-state index contributed by atoms with van der Waals surface area (Å²) in [7, 11) is 0. The molecule has 0 radical (unpaired) electrons. The van der Waals surface area contributed by atoms with Gasteiger partial charge in [-0.25, -0.2) is 0 Å². The minimum atomic E-state index is -0.783. The second-order valence-electron chi connectivity index (χ2n) is 9.33. The molecule has 3 fully saturated rings. The quantitative estimate of drug-likeness (QED) is 0.566. The Morgan fingerprint density at radius 2 is 1.71 bits per heavy atom. The highest BCUT2D eigenvalue weighted by atomic mass is 35.5. The summed E-state index contributed by atoms with van der Waals surface area (Å²) in [5, 5.41) is 16.1. The predicted molar refractivity (Wildman–Crippen MR) is 133 cm³/mol. The molecule has 0 aromatic heterocycles. The van der Waals surface area contributed by atoms with Gasteiger partial charge in [0.05, 0.1) is 23.2 Å². The normalized spacial score (nSPS) is 31.4. The van der Waals surface area contributed by atoms with E-state index in [1.165, 1.54) is 4.90 Å². The second kappa shape index (κ2) is 8.59. The fourth-order valence-corrected chi connectivity index (χ4v) is 8.44. The molecule has 3 aliphatic heterocycles. The number of halogens is 1. The predicted octanol–water partition coefficient (Wildman–Crippen LogP) is 3.39. The molecule has 2 bridgehead atoms. The molecular weight excluding hydrogens is 474 g/mol. The van der Waals surface area contributed by atoms with E-state index in [0.29, 0.717) is 22.8 Å². The number of hydrogen-bond acceptors (Lipinski definition) is 5. The maximum Gasteiger partial charge on any atom is 0.248 e. The molecule has 3 aliphatic rings. The Kier molecular flexibility index (Phi) is 5.86. The van der Waals surface area contributed by atoms with Crippen LogP contribution in [-0.4, -0.2) is 56.4 Å². The number of aliphatic hydroxyl groups excluding tert-OH is 1. The van der Waals surface area contributed by atoms with Gasteiger partial charge in [0.25, 0.3) is 0 Å². The Balaban J connectivity index is 1.48. The fourth-order valence-electron chi connectivity index (χ4n) is 5.96. The topological polar surface area (TPSA) is 98.7 Å². The molecule has 2 unspecified atom stereocenters. The van der Waals surface area contributed by atoms with Crippen molar-refractivity contribution >= 4 is 52.5 Å². The van der Waals surface area contributed by atoms with Crippen LogP contribution in [0.5, 0.6) is 0 Å². The number of fused-ring (bicyclic) bond motifs is 1. The number of benzene rings is 2. The molecule has 9 heteroatoms. The number of thioether (sulfide) groups is 1. The minimum Gasteiger partial charge on any atom is -0.395 e. The molecular formula is C25H26ClN3O4S. The van der Waals surface area contributed by atoms with Crippen molar-refractivity contribution in [2.75, 3.05) is 23.8 Å². The van der Waals surface area contributed by atoms with Gasteiger partial charge in [-0.3, -0.25) is 14.4 Å². The van der Waals surface area contributed by atoms with E-state index < -0.39 is 27.4 Å². The largest absolute Gasteiger partial charge is 0.395 e. The van der Waals surface area contributed by atoms with Crippen molar-refractivity contribution in [3.63, 3.8) is 0 Å². The van der Waals surface area contributed by atoms with Crippen LogP contribution in [0.4, 0.5) is 11.4 Å². The number of carbonyl (C=O) groups excluding carboxylic acids is 3. The van der Waals surface area contributed by atoms with Crippen LogP contribution in [0.1, 0.15) is 19.8 Å². The zero-order valence-corrected chi connectivity index (χ0v) is 20.2. The SMILES string of the molecule is C[C@@]12CCC3(S1)C(C(=O)Nc1ccc(Cl)cc1)N(CCO)C(=O)[C@@H]3[C@@H]2C(=O)Nc1ccccc1. The summed E-state index contributed by atoms with van der Waals surface area (Å²) in [5.74, 6) is -1.97. The number of likely N-dealkylation sites (tertiary alicyclic amines) is 1. The lowest BCUT2D eigenvalue weighted by atomic mass is 9.66. The van der Waals surface area contributed by atoms with Crippen molar-refractivity contribution in [1.29, 1.82) is 0 Å². The van der Waals surface area contributed by atoms with Gasteiger partial charge in [0, 0.05) is 27.7 Å². The van der Waals surface area contributed by atoms with Gasteiger partial charge >= 0.3 is 0 Å². The maximum absolute atomic E-state index is 13.7. The summed E-state index contributed by atoms with van der Waals surface area (Å²) in [6.07, 6.45) is 1.38. The third-order valence-electron chi connectivity index (χ3n) is 7.30. The average Bonchev–Trinajstić information content (AvgIpc) is 3.37. The van der Waals surface area contributed by atoms with Crippen molar-refractivity contribution < 1.29 is 19.5 Å². The van der Waals surface area contributed by atoms with Gasteiger partial charge in [-0.1, -0.05) is 29.8 Å². The number of hydrogen-bond donors (Lipinski definition) is 3. The van der Waals surface area contributed by atoms with Gasteiger partial charge < -0.3 is 20.6 Å². The number of anilines is 2. The zero-order chi connectivity index (χ0) is 24.1. The number of nitrogens with one attached hydrogen (secondary N) is 2. The van der Waals surface area contributed by atoms with Crippen molar-refractivity contribution in [3.8, 4) is 0 Å². The Hall–Kier alpha value is -2.55. The van der Waals surface area contributed by atoms with Crippen LogP contribution in [0.3, 0.4) is 0 Å². The highest BCUT2D eigenvalue weighted by Gasteiger charge is 2.77. The Labute approximate surface area is 207 Å². The molecule has 34 heavy (non-hydrogen) atoms. The monoisotopic (exact) mass is 499 g/mol. The van der Waals surface area contributed by atoms with Gasteiger partial charge in [-0.05, 0) is 56.2 Å². The van der Waals surface area contributed by atoms with Gasteiger partial charge in [-0.2, -0.15) is 0 Å². The van der Waals surface area contributed by atoms with Gasteiger partial charge in [0.1, 0.15) is 6.04 Å². The number of amides is 3. The fraction of sp³-hybridized carbons (Fsp3) is 0.400. The first-order valence-electron chi connectivity index (χ1n) is 11.3. The van der Waals surface area contributed by atoms with Crippen LogP contribution in [0.25, 0.3) is 0 Å². The van der Waals surface area contributed by atoms with E-state index >= 15 is 0 Å². The summed E-state index contributed by atoms with van der Waals surface area (Å²) < 4.78 is -1.18. The summed E-state index contributed by atoms with van der Waals surface area (Å²) in [6, 6.07) is 15.2. The zero-order valence-electron chi connectivity index (χ0n) is 18.7. The summed E-state index contributed by atoms with van der Waals surface area (Å²) >= 11 is 7.56. The molecule has 2 aromatic rings. The van der Waals surface area contributed by atoms with Crippen molar-refractivity contribution in [2.45, 2.75) is 35.3 Å². The molecule has 0 saturated carbocycles. The number of carbonyl (C=O) groups is 3. The van der Waals surface area contributed by atoms with E-state index in [-0.39, 0.29) is 30.9 Å². The van der Waals surface area contributed by atoms with Gasteiger partial charge in [0.2, 0.25) is 17.7 Å². The van der Waals surface area contributed by atoms with Gasteiger partial charge in [0.15, 0.2) is 0 Å². The lowest BCUT2D eigenvalue weighted by Gasteiger charge is -2.34. The number of nitrogens with zero attached hydrogens (tertiary/aromatic N) is 1. The Bertz CT molecular complexity index is 1130.